The number of esters is 1. The predicted octanol–water partition coefficient (Wildman–Crippen LogP) is 6.84. The maximum absolute atomic E-state index is 11.7. The molecule has 0 aliphatic rings. The van der Waals surface area contributed by atoms with Gasteiger partial charge in [-0.05, 0) is 31.3 Å². The molecule has 0 unspecified atom stereocenters. The fourth-order valence-corrected chi connectivity index (χ4v) is 7.00. The number of hydrogen-bond acceptors (Lipinski definition) is 3. The van der Waals surface area contributed by atoms with E-state index >= 15 is 0 Å². The third kappa shape index (κ3) is 5.25. The quantitative estimate of drug-likeness (QED) is 0.174. The van der Waals surface area contributed by atoms with Crippen LogP contribution in [0.25, 0.3) is 6.08 Å². The summed E-state index contributed by atoms with van der Waals surface area (Å²) in [7, 11) is -0.965. The second-order valence-corrected chi connectivity index (χ2v) is 10.4. The van der Waals surface area contributed by atoms with Crippen molar-refractivity contribution in [1.82, 2.24) is 0 Å². The molecule has 0 amide bonds. The van der Waals surface area contributed by atoms with E-state index in [0.717, 1.165) is 11.3 Å². The van der Waals surface area contributed by atoms with Crippen LogP contribution in [0.3, 0.4) is 0 Å². The van der Waals surface area contributed by atoms with E-state index in [4.69, 9.17) is 9.48 Å². The van der Waals surface area contributed by atoms with Gasteiger partial charge in [-0.15, -0.1) is 0 Å². The molecule has 0 fully saturated rings. The fourth-order valence-electron chi connectivity index (χ4n) is 3.49. The Labute approximate surface area is 190 Å². The summed E-state index contributed by atoms with van der Waals surface area (Å²) in [5.41, 5.74) is 1.70. The molecular formula is C28H28NO2P. The number of rotatable bonds is 7. The highest BCUT2D eigenvalue weighted by molar-refractivity contribution is 7.84. The lowest BCUT2D eigenvalue weighted by molar-refractivity contribution is -0.134. The van der Waals surface area contributed by atoms with Gasteiger partial charge in [-0.3, -0.25) is 4.74 Å². The summed E-state index contributed by atoms with van der Waals surface area (Å²) in [6.45, 7) is 4.17. The Morgan fingerprint density at radius 1 is 0.875 bits per heavy atom. The molecule has 4 heteroatoms. The average Bonchev–Trinajstić information content (AvgIpc) is 2.86. The molecule has 3 rings (SSSR count). The fraction of sp³-hybridized carbons (Fsp3) is 0.107. The molecule has 3 nitrogen and oxygen atoms in total. The first-order valence-electron chi connectivity index (χ1n) is 10.5. The van der Waals surface area contributed by atoms with Crippen LogP contribution in [0, 0.1) is 0 Å². The van der Waals surface area contributed by atoms with E-state index in [2.05, 4.69) is 67.6 Å². The number of carbonyl (C=O) groups excluding carboxylic acids is 1. The first-order valence-corrected chi connectivity index (χ1v) is 12.2. The summed E-state index contributed by atoms with van der Waals surface area (Å²) >= 11 is 0. The Hall–Kier alpha value is -3.42. The zero-order chi connectivity index (χ0) is 22.8. The van der Waals surface area contributed by atoms with E-state index in [0.29, 0.717) is 0 Å². The minimum atomic E-state index is -2.34. The molecule has 0 radical (unpaired) electrons. The van der Waals surface area contributed by atoms with Crippen LogP contribution in [-0.4, -0.2) is 13.1 Å². The molecule has 0 saturated heterocycles. The molecule has 0 aliphatic carbocycles. The highest BCUT2D eigenvalue weighted by Gasteiger charge is 2.27. The number of hydrogen-bond donors (Lipinski definition) is 0. The summed E-state index contributed by atoms with van der Waals surface area (Å²) in [5.74, 6) is -0.392. The summed E-state index contributed by atoms with van der Waals surface area (Å²) in [5, 5.41) is 3.55. The largest absolute Gasteiger partial charge is 0.466 e. The van der Waals surface area contributed by atoms with Gasteiger partial charge in [0.2, 0.25) is 0 Å². The van der Waals surface area contributed by atoms with Crippen molar-refractivity contribution in [3.63, 3.8) is 0 Å². The first-order chi connectivity index (χ1) is 15.6. The Bertz CT molecular complexity index is 1150. The third-order valence-electron chi connectivity index (χ3n) is 5.09. The monoisotopic (exact) mass is 441 g/mol. The second-order valence-electron chi connectivity index (χ2n) is 7.16. The van der Waals surface area contributed by atoms with Gasteiger partial charge in [-0.1, -0.05) is 97.1 Å². The minimum absolute atomic E-state index is 0.392. The van der Waals surface area contributed by atoms with Gasteiger partial charge in [-0.2, -0.15) is 0 Å². The van der Waals surface area contributed by atoms with E-state index in [-0.39, 0.29) is 0 Å². The molecule has 0 saturated carbocycles. The maximum atomic E-state index is 11.7. The van der Waals surface area contributed by atoms with Crippen LogP contribution in [0.1, 0.15) is 19.4 Å². The normalized spacial score (nSPS) is 12.3. The number of allylic oxidation sites excluding steroid dienone is 4. The van der Waals surface area contributed by atoms with Crippen molar-refractivity contribution in [1.29, 1.82) is 0 Å². The summed E-state index contributed by atoms with van der Waals surface area (Å²) in [6.07, 6.45) is 9.45. The molecule has 0 bridgehead atoms. The maximum Gasteiger partial charge on any atom is 0.330 e. The highest BCUT2D eigenvalue weighted by atomic mass is 31.2. The molecule has 32 heavy (non-hydrogen) atoms. The van der Waals surface area contributed by atoms with Gasteiger partial charge in [0.25, 0.3) is 0 Å². The first kappa shape index (κ1) is 23.2. The predicted molar refractivity (Wildman–Crippen MR) is 137 cm³/mol. The number of nitrogens with zero attached hydrogens (tertiary/aromatic N) is 1. The Morgan fingerprint density at radius 3 is 2.00 bits per heavy atom. The lowest BCUT2D eigenvalue weighted by Crippen LogP contribution is -2.17. The van der Waals surface area contributed by atoms with Crippen molar-refractivity contribution in [2.45, 2.75) is 13.8 Å². The Kier molecular flexibility index (Phi) is 8.19. The number of carbonyl (C=O) groups is 1. The van der Waals surface area contributed by atoms with Gasteiger partial charge in [0.05, 0.1) is 19.9 Å². The van der Waals surface area contributed by atoms with Crippen molar-refractivity contribution in [3.05, 3.63) is 120 Å². The Balaban J connectivity index is 2.40. The van der Waals surface area contributed by atoms with Crippen molar-refractivity contribution in [2.75, 3.05) is 7.11 Å². The van der Waals surface area contributed by atoms with Gasteiger partial charge in [0.15, 0.2) is 0 Å². The smallest absolute Gasteiger partial charge is 0.330 e. The van der Waals surface area contributed by atoms with E-state index in [1.165, 1.54) is 29.1 Å². The van der Waals surface area contributed by atoms with Crippen molar-refractivity contribution in [2.24, 2.45) is 4.74 Å². The molecule has 0 heterocycles. The SMILES string of the molecule is C/C=C\C=C(/C)P(=Nc1ccccc1/C=C/C(=O)OC)(c1ccccc1)c1ccccc1. The molecule has 0 aromatic heterocycles. The van der Waals surface area contributed by atoms with Crippen LogP contribution in [0.5, 0.6) is 0 Å². The highest BCUT2D eigenvalue weighted by Crippen LogP contribution is 2.57. The topological polar surface area (TPSA) is 38.7 Å². The molecule has 0 N–H and O–H groups in total. The van der Waals surface area contributed by atoms with Crippen molar-refractivity contribution >= 4 is 35.4 Å². The standard InChI is InChI=1S/C28H28NO2P/c1-4-5-14-23(2)32(25-16-8-6-9-17-25,26-18-10-7-11-19-26)29-27-20-13-12-15-24(27)21-22-28(30)31-3/h4-22H,1-3H3/b5-4-,22-21+,23-14+. The van der Waals surface area contributed by atoms with Crippen LogP contribution < -0.4 is 10.6 Å². The van der Waals surface area contributed by atoms with Crippen LogP contribution in [-0.2, 0) is 9.53 Å². The summed E-state index contributed by atoms with van der Waals surface area (Å²) < 4.78 is 10.3. The van der Waals surface area contributed by atoms with Crippen molar-refractivity contribution < 1.29 is 9.53 Å². The van der Waals surface area contributed by atoms with Gasteiger partial charge in [-0.25, -0.2) is 4.79 Å². The number of ether oxygens (including phenoxy) is 1. The van der Waals surface area contributed by atoms with Crippen LogP contribution >= 0.6 is 7.05 Å². The van der Waals surface area contributed by atoms with Gasteiger partial charge in [0.1, 0.15) is 0 Å². The van der Waals surface area contributed by atoms with Crippen LogP contribution in [0.2, 0.25) is 0 Å². The van der Waals surface area contributed by atoms with E-state index < -0.39 is 13.0 Å². The zero-order valence-electron chi connectivity index (χ0n) is 18.7. The molecule has 162 valence electrons. The number of methoxy groups -OCH3 is 1. The lowest BCUT2D eigenvalue weighted by atomic mass is 10.2. The lowest BCUT2D eigenvalue weighted by Gasteiger charge is -2.27. The zero-order valence-corrected chi connectivity index (χ0v) is 19.6. The summed E-state index contributed by atoms with van der Waals surface area (Å²) in [6, 6.07) is 28.8. The molecule has 0 atom stereocenters. The minimum Gasteiger partial charge on any atom is -0.466 e. The Morgan fingerprint density at radius 2 is 1.44 bits per heavy atom. The van der Waals surface area contributed by atoms with Gasteiger partial charge >= 0.3 is 5.97 Å². The third-order valence-corrected chi connectivity index (χ3v) is 8.87. The van der Waals surface area contributed by atoms with Crippen LogP contribution in [0.4, 0.5) is 5.69 Å². The van der Waals surface area contributed by atoms with Crippen molar-refractivity contribution in [3.8, 4) is 0 Å². The number of benzene rings is 3. The van der Waals surface area contributed by atoms with E-state index in [9.17, 15) is 4.79 Å². The molecule has 0 aliphatic heterocycles. The van der Waals surface area contributed by atoms with E-state index in [1.807, 2.05) is 49.4 Å². The molecular weight excluding hydrogens is 413 g/mol. The van der Waals surface area contributed by atoms with Gasteiger partial charge in [0, 0.05) is 22.2 Å². The van der Waals surface area contributed by atoms with Gasteiger partial charge < -0.3 is 4.74 Å². The van der Waals surface area contributed by atoms with E-state index in [1.54, 1.807) is 6.08 Å². The summed E-state index contributed by atoms with van der Waals surface area (Å²) in [4.78, 5) is 11.7. The molecule has 3 aromatic rings. The average molecular weight is 442 g/mol. The molecule has 3 aromatic carbocycles. The second kappa shape index (κ2) is 11.3. The molecule has 0 spiro atoms. The van der Waals surface area contributed by atoms with Crippen LogP contribution in [0.15, 0.2) is 119 Å².